The summed E-state index contributed by atoms with van der Waals surface area (Å²) >= 11 is 0. The molecule has 0 spiro atoms. The van der Waals surface area contributed by atoms with Gasteiger partial charge < -0.3 is 20.0 Å². The van der Waals surface area contributed by atoms with Crippen LogP contribution in [0.3, 0.4) is 0 Å². The fourth-order valence-electron chi connectivity index (χ4n) is 2.10. The third-order valence-electron chi connectivity index (χ3n) is 3.39. The second-order valence-electron chi connectivity index (χ2n) is 6.31. The molecule has 116 valence electrons. The Hall–Kier alpha value is -1.59. The van der Waals surface area contributed by atoms with Crippen molar-refractivity contribution in [3.8, 4) is 5.75 Å². The second kappa shape index (κ2) is 6.45. The number of nitrogens with one attached hydrogen (secondary N) is 1. The molecule has 21 heavy (non-hydrogen) atoms. The first-order valence-electron chi connectivity index (χ1n) is 7.19. The molecular formula is C16H24N2O3. The van der Waals surface area contributed by atoms with E-state index >= 15 is 0 Å². The normalized spacial score (nSPS) is 19.9. The van der Waals surface area contributed by atoms with Gasteiger partial charge in [0.25, 0.3) is 0 Å². The van der Waals surface area contributed by atoms with E-state index < -0.39 is 6.10 Å². The van der Waals surface area contributed by atoms with Crippen molar-refractivity contribution in [2.45, 2.75) is 44.9 Å². The Morgan fingerprint density at radius 3 is 2.62 bits per heavy atom. The SMILES string of the molecule is COc1ccc(C2=NO[C@H]([C@@H](O)CNC(C)(C)C)C2)cc1. The van der Waals surface area contributed by atoms with Crippen molar-refractivity contribution in [1.82, 2.24) is 5.32 Å². The summed E-state index contributed by atoms with van der Waals surface area (Å²) in [5.74, 6) is 0.809. The summed E-state index contributed by atoms with van der Waals surface area (Å²) in [4.78, 5) is 5.37. The van der Waals surface area contributed by atoms with Gasteiger partial charge in [0.2, 0.25) is 0 Å². The Labute approximate surface area is 125 Å². The first kappa shape index (κ1) is 15.8. The molecule has 1 aromatic carbocycles. The van der Waals surface area contributed by atoms with Gasteiger partial charge in [0, 0.05) is 18.5 Å². The zero-order valence-corrected chi connectivity index (χ0v) is 13.1. The van der Waals surface area contributed by atoms with Crippen molar-refractivity contribution >= 4 is 5.71 Å². The molecule has 0 unspecified atom stereocenters. The molecule has 1 aliphatic heterocycles. The highest BCUT2D eigenvalue weighted by molar-refractivity contribution is 6.01. The maximum atomic E-state index is 10.2. The van der Waals surface area contributed by atoms with Crippen LogP contribution in [-0.2, 0) is 4.84 Å². The van der Waals surface area contributed by atoms with Crippen LogP contribution in [-0.4, -0.2) is 42.2 Å². The number of hydrogen-bond acceptors (Lipinski definition) is 5. The van der Waals surface area contributed by atoms with E-state index in [9.17, 15) is 5.11 Å². The third-order valence-corrected chi connectivity index (χ3v) is 3.39. The number of methoxy groups -OCH3 is 1. The Balaban J connectivity index is 1.89. The Morgan fingerprint density at radius 2 is 2.05 bits per heavy atom. The van der Waals surface area contributed by atoms with E-state index in [1.54, 1.807) is 7.11 Å². The van der Waals surface area contributed by atoms with Gasteiger partial charge in [-0.25, -0.2) is 0 Å². The zero-order chi connectivity index (χ0) is 15.5. The van der Waals surface area contributed by atoms with E-state index in [1.165, 1.54) is 0 Å². The highest BCUT2D eigenvalue weighted by atomic mass is 16.7. The van der Waals surface area contributed by atoms with E-state index in [0.717, 1.165) is 17.0 Å². The number of rotatable bonds is 5. The molecule has 2 atom stereocenters. The quantitative estimate of drug-likeness (QED) is 0.870. The molecule has 1 heterocycles. The smallest absolute Gasteiger partial charge is 0.160 e. The van der Waals surface area contributed by atoms with E-state index in [4.69, 9.17) is 9.57 Å². The summed E-state index contributed by atoms with van der Waals surface area (Å²) in [6, 6.07) is 7.68. The van der Waals surface area contributed by atoms with E-state index in [-0.39, 0.29) is 11.6 Å². The minimum Gasteiger partial charge on any atom is -0.497 e. The summed E-state index contributed by atoms with van der Waals surface area (Å²) in [5.41, 5.74) is 1.82. The van der Waals surface area contributed by atoms with E-state index in [0.29, 0.717) is 13.0 Å². The number of β-amino-alcohol motifs (C(OH)–C–C–N with tert-alkyl or cyclic N) is 1. The number of oxime groups is 1. The Morgan fingerprint density at radius 1 is 1.38 bits per heavy atom. The molecule has 0 fully saturated rings. The number of ether oxygens (including phenoxy) is 1. The van der Waals surface area contributed by atoms with Crippen LogP contribution in [0.5, 0.6) is 5.75 Å². The van der Waals surface area contributed by atoms with Gasteiger partial charge in [-0.1, -0.05) is 5.16 Å². The lowest BCUT2D eigenvalue weighted by atomic mass is 10.0. The highest BCUT2D eigenvalue weighted by Gasteiger charge is 2.29. The lowest BCUT2D eigenvalue weighted by Gasteiger charge is -2.24. The Kier molecular flexibility index (Phi) is 4.85. The van der Waals surface area contributed by atoms with Crippen molar-refractivity contribution in [2.75, 3.05) is 13.7 Å². The predicted molar refractivity (Wildman–Crippen MR) is 82.8 cm³/mol. The van der Waals surface area contributed by atoms with Crippen molar-refractivity contribution in [1.29, 1.82) is 0 Å². The largest absolute Gasteiger partial charge is 0.497 e. The van der Waals surface area contributed by atoms with Gasteiger partial charge in [-0.2, -0.15) is 0 Å². The van der Waals surface area contributed by atoms with Crippen LogP contribution in [0.1, 0.15) is 32.8 Å². The van der Waals surface area contributed by atoms with Gasteiger partial charge >= 0.3 is 0 Å². The number of aliphatic hydroxyl groups excluding tert-OH is 1. The number of nitrogens with zero attached hydrogens (tertiary/aromatic N) is 1. The van der Waals surface area contributed by atoms with Crippen LogP contribution < -0.4 is 10.1 Å². The molecule has 0 saturated heterocycles. The number of aliphatic hydroxyl groups is 1. The fraction of sp³-hybridized carbons (Fsp3) is 0.562. The van der Waals surface area contributed by atoms with Gasteiger partial charge in [0.05, 0.1) is 12.8 Å². The van der Waals surface area contributed by atoms with Gasteiger partial charge in [-0.3, -0.25) is 0 Å². The van der Waals surface area contributed by atoms with Crippen LogP contribution in [0.15, 0.2) is 29.4 Å². The first-order chi connectivity index (χ1) is 9.89. The molecule has 0 radical (unpaired) electrons. The molecule has 0 aromatic heterocycles. The van der Waals surface area contributed by atoms with Crippen molar-refractivity contribution in [3.05, 3.63) is 29.8 Å². The molecule has 0 aliphatic carbocycles. The van der Waals surface area contributed by atoms with Crippen LogP contribution in [0.25, 0.3) is 0 Å². The van der Waals surface area contributed by atoms with E-state index in [2.05, 4.69) is 31.2 Å². The van der Waals surface area contributed by atoms with Gasteiger partial charge in [-0.05, 0) is 50.6 Å². The topological polar surface area (TPSA) is 63.1 Å². The van der Waals surface area contributed by atoms with Crippen molar-refractivity contribution < 1.29 is 14.7 Å². The van der Waals surface area contributed by atoms with Crippen LogP contribution in [0.4, 0.5) is 0 Å². The van der Waals surface area contributed by atoms with Crippen molar-refractivity contribution in [3.63, 3.8) is 0 Å². The predicted octanol–water partition coefficient (Wildman–Crippen LogP) is 1.94. The minimum absolute atomic E-state index is 0.0285. The summed E-state index contributed by atoms with van der Waals surface area (Å²) in [5, 5.41) is 17.5. The maximum absolute atomic E-state index is 10.2. The molecule has 5 heteroatoms. The molecule has 0 amide bonds. The fourth-order valence-corrected chi connectivity index (χ4v) is 2.10. The number of hydrogen-bond donors (Lipinski definition) is 2. The third kappa shape index (κ3) is 4.44. The average Bonchev–Trinajstić information content (AvgIpc) is 2.94. The first-order valence-corrected chi connectivity index (χ1v) is 7.19. The minimum atomic E-state index is -0.580. The molecule has 2 rings (SSSR count). The second-order valence-corrected chi connectivity index (χ2v) is 6.31. The maximum Gasteiger partial charge on any atom is 0.160 e. The van der Waals surface area contributed by atoms with Crippen LogP contribution in [0, 0.1) is 0 Å². The Bertz CT molecular complexity index is 491. The lowest BCUT2D eigenvalue weighted by molar-refractivity contribution is -0.0181. The molecular weight excluding hydrogens is 268 g/mol. The average molecular weight is 292 g/mol. The summed E-state index contributed by atoms with van der Waals surface area (Å²) in [6.07, 6.45) is -0.264. The molecule has 2 N–H and O–H groups in total. The molecule has 0 saturated carbocycles. The summed E-state index contributed by atoms with van der Waals surface area (Å²) in [6.45, 7) is 6.68. The highest BCUT2D eigenvalue weighted by Crippen LogP contribution is 2.21. The van der Waals surface area contributed by atoms with Crippen LogP contribution in [0.2, 0.25) is 0 Å². The number of benzene rings is 1. The van der Waals surface area contributed by atoms with Gasteiger partial charge in [0.15, 0.2) is 6.10 Å². The van der Waals surface area contributed by atoms with Gasteiger partial charge in [0.1, 0.15) is 11.9 Å². The standard InChI is InChI=1S/C16H24N2O3/c1-16(2,3)17-10-14(19)15-9-13(18-21-15)11-5-7-12(20-4)8-6-11/h5-8,14-15,17,19H,9-10H2,1-4H3/t14-,15-/m0/s1. The monoisotopic (exact) mass is 292 g/mol. The zero-order valence-electron chi connectivity index (χ0n) is 13.1. The molecule has 1 aromatic rings. The lowest BCUT2D eigenvalue weighted by Crippen LogP contribution is -2.44. The van der Waals surface area contributed by atoms with Gasteiger partial charge in [-0.15, -0.1) is 0 Å². The molecule has 5 nitrogen and oxygen atoms in total. The molecule has 1 aliphatic rings. The van der Waals surface area contributed by atoms with Crippen LogP contribution >= 0.6 is 0 Å². The van der Waals surface area contributed by atoms with Crippen molar-refractivity contribution in [2.24, 2.45) is 5.16 Å². The summed E-state index contributed by atoms with van der Waals surface area (Å²) < 4.78 is 5.14. The van der Waals surface area contributed by atoms with E-state index in [1.807, 2.05) is 24.3 Å². The molecule has 0 bridgehead atoms. The summed E-state index contributed by atoms with van der Waals surface area (Å²) in [7, 11) is 1.64.